The number of rotatable bonds is 2. The largest absolute Gasteiger partial charge is 0.391 e. The number of hydrogen-bond acceptors (Lipinski definition) is 2. The predicted molar refractivity (Wildman–Crippen MR) is 63.6 cm³/mol. The Morgan fingerprint density at radius 3 is 2.20 bits per heavy atom. The smallest absolute Gasteiger partial charge is 0.0781 e. The van der Waals surface area contributed by atoms with Crippen molar-refractivity contribution in [1.29, 1.82) is 0 Å². The molecule has 0 heterocycles. The molecule has 2 heteroatoms. The Morgan fingerprint density at radius 1 is 1.20 bits per heavy atom. The molecular formula is C13H21NO. The van der Waals surface area contributed by atoms with E-state index in [1.165, 1.54) is 0 Å². The van der Waals surface area contributed by atoms with Gasteiger partial charge in [0, 0.05) is 0 Å². The second-order valence-corrected chi connectivity index (χ2v) is 5.19. The van der Waals surface area contributed by atoms with Crippen LogP contribution in [-0.2, 0) is 0 Å². The van der Waals surface area contributed by atoms with Crippen LogP contribution < -0.4 is 5.73 Å². The molecule has 0 spiro atoms. The van der Waals surface area contributed by atoms with Crippen molar-refractivity contribution in [2.45, 2.75) is 39.8 Å². The number of hydrogen-bond donors (Lipinski definition) is 2. The van der Waals surface area contributed by atoms with Crippen molar-refractivity contribution in [2.24, 2.45) is 11.1 Å². The SMILES string of the molecule is Cc1ccccc1[C@H](N)[C@H](O)C(C)(C)C. The first-order valence-electron chi connectivity index (χ1n) is 5.33. The van der Waals surface area contributed by atoms with Gasteiger partial charge < -0.3 is 10.8 Å². The van der Waals surface area contributed by atoms with Gasteiger partial charge in [-0.15, -0.1) is 0 Å². The number of aryl methyl sites for hydroxylation is 1. The molecule has 0 unspecified atom stereocenters. The molecule has 0 saturated heterocycles. The minimum Gasteiger partial charge on any atom is -0.391 e. The summed E-state index contributed by atoms with van der Waals surface area (Å²) in [4.78, 5) is 0. The highest BCUT2D eigenvalue weighted by molar-refractivity contribution is 5.29. The zero-order valence-corrected chi connectivity index (χ0v) is 9.99. The Balaban J connectivity index is 2.95. The summed E-state index contributed by atoms with van der Waals surface area (Å²) in [6.07, 6.45) is -0.529. The molecule has 84 valence electrons. The predicted octanol–water partition coefficient (Wildman–Crippen LogP) is 2.40. The van der Waals surface area contributed by atoms with Crippen LogP contribution in [0.4, 0.5) is 0 Å². The van der Waals surface area contributed by atoms with Crippen LogP contribution in [0.2, 0.25) is 0 Å². The van der Waals surface area contributed by atoms with Gasteiger partial charge >= 0.3 is 0 Å². The third-order valence-electron chi connectivity index (χ3n) is 2.78. The van der Waals surface area contributed by atoms with Crippen molar-refractivity contribution in [1.82, 2.24) is 0 Å². The first-order chi connectivity index (χ1) is 6.84. The van der Waals surface area contributed by atoms with Gasteiger partial charge in [-0.2, -0.15) is 0 Å². The Morgan fingerprint density at radius 2 is 1.73 bits per heavy atom. The van der Waals surface area contributed by atoms with E-state index in [0.717, 1.165) is 11.1 Å². The monoisotopic (exact) mass is 207 g/mol. The summed E-state index contributed by atoms with van der Waals surface area (Å²) in [5.74, 6) is 0. The van der Waals surface area contributed by atoms with Crippen LogP contribution in [0.5, 0.6) is 0 Å². The molecule has 0 bridgehead atoms. The van der Waals surface area contributed by atoms with Crippen molar-refractivity contribution < 1.29 is 5.11 Å². The van der Waals surface area contributed by atoms with E-state index < -0.39 is 6.10 Å². The van der Waals surface area contributed by atoms with Crippen LogP contribution in [0.1, 0.15) is 37.9 Å². The second-order valence-electron chi connectivity index (χ2n) is 5.19. The lowest BCUT2D eigenvalue weighted by molar-refractivity contribution is 0.0399. The van der Waals surface area contributed by atoms with Gasteiger partial charge in [0.1, 0.15) is 0 Å². The van der Waals surface area contributed by atoms with Crippen molar-refractivity contribution in [3.63, 3.8) is 0 Å². The molecule has 1 aromatic carbocycles. The second kappa shape index (κ2) is 4.33. The van der Waals surface area contributed by atoms with Crippen LogP contribution >= 0.6 is 0 Å². The van der Waals surface area contributed by atoms with Crippen LogP contribution in [-0.4, -0.2) is 11.2 Å². The maximum atomic E-state index is 10.1. The van der Waals surface area contributed by atoms with Crippen LogP contribution in [0.25, 0.3) is 0 Å². The van der Waals surface area contributed by atoms with Gasteiger partial charge in [0.25, 0.3) is 0 Å². The van der Waals surface area contributed by atoms with E-state index in [0.29, 0.717) is 0 Å². The summed E-state index contributed by atoms with van der Waals surface area (Å²) in [5, 5.41) is 10.1. The molecule has 1 rings (SSSR count). The van der Waals surface area contributed by atoms with Crippen molar-refractivity contribution in [3.8, 4) is 0 Å². The van der Waals surface area contributed by atoms with E-state index in [1.54, 1.807) is 0 Å². The average Bonchev–Trinajstić information content (AvgIpc) is 2.15. The lowest BCUT2D eigenvalue weighted by atomic mass is 9.82. The highest BCUT2D eigenvalue weighted by atomic mass is 16.3. The Kier molecular flexibility index (Phi) is 3.53. The third-order valence-corrected chi connectivity index (χ3v) is 2.78. The van der Waals surface area contributed by atoms with Gasteiger partial charge in [-0.3, -0.25) is 0 Å². The van der Waals surface area contributed by atoms with Gasteiger partial charge in [-0.1, -0.05) is 45.0 Å². The first kappa shape index (κ1) is 12.2. The molecule has 0 aliphatic rings. The molecule has 0 aromatic heterocycles. The highest BCUT2D eigenvalue weighted by Gasteiger charge is 2.29. The van der Waals surface area contributed by atoms with Gasteiger partial charge in [0.2, 0.25) is 0 Å². The number of aliphatic hydroxyl groups is 1. The third kappa shape index (κ3) is 2.80. The molecule has 0 amide bonds. The average molecular weight is 207 g/mol. The zero-order chi connectivity index (χ0) is 11.6. The van der Waals surface area contributed by atoms with E-state index in [2.05, 4.69) is 0 Å². The summed E-state index contributed by atoms with van der Waals surface area (Å²) in [6, 6.07) is 7.62. The normalized spacial score (nSPS) is 16.1. The summed E-state index contributed by atoms with van der Waals surface area (Å²) in [6.45, 7) is 8.01. The minimum absolute atomic E-state index is 0.193. The van der Waals surface area contributed by atoms with E-state index in [1.807, 2.05) is 52.0 Å². The first-order valence-corrected chi connectivity index (χ1v) is 5.33. The maximum Gasteiger partial charge on any atom is 0.0781 e. The lowest BCUT2D eigenvalue weighted by Crippen LogP contribution is -2.37. The fourth-order valence-electron chi connectivity index (χ4n) is 1.67. The number of nitrogens with two attached hydrogens (primary N) is 1. The highest BCUT2D eigenvalue weighted by Crippen LogP contribution is 2.29. The fraction of sp³-hybridized carbons (Fsp3) is 0.538. The molecule has 0 aliphatic carbocycles. The van der Waals surface area contributed by atoms with Crippen LogP contribution in [0, 0.1) is 12.3 Å². The van der Waals surface area contributed by atoms with E-state index in [4.69, 9.17) is 5.73 Å². The molecule has 3 N–H and O–H groups in total. The Labute approximate surface area is 92.1 Å². The number of benzene rings is 1. The molecule has 0 aliphatic heterocycles. The molecule has 2 atom stereocenters. The van der Waals surface area contributed by atoms with Gasteiger partial charge in [0.05, 0.1) is 12.1 Å². The summed E-state index contributed by atoms with van der Waals surface area (Å²) in [7, 11) is 0. The van der Waals surface area contributed by atoms with Gasteiger partial charge in [0.15, 0.2) is 0 Å². The zero-order valence-electron chi connectivity index (χ0n) is 9.99. The molecule has 1 aromatic rings. The Bertz CT molecular complexity index is 328. The molecule has 0 radical (unpaired) electrons. The summed E-state index contributed by atoms with van der Waals surface area (Å²) >= 11 is 0. The standard InChI is InChI=1S/C13H21NO/c1-9-7-5-6-8-10(9)11(14)12(15)13(2,3)4/h5-8,11-12,15H,14H2,1-4H3/t11-,12-/m0/s1. The summed E-state index contributed by atoms with van der Waals surface area (Å²) < 4.78 is 0. The van der Waals surface area contributed by atoms with E-state index in [-0.39, 0.29) is 11.5 Å². The molecular weight excluding hydrogens is 186 g/mol. The lowest BCUT2D eigenvalue weighted by Gasteiger charge is -2.31. The maximum absolute atomic E-state index is 10.1. The van der Waals surface area contributed by atoms with E-state index >= 15 is 0 Å². The van der Waals surface area contributed by atoms with Gasteiger partial charge in [-0.05, 0) is 23.5 Å². The van der Waals surface area contributed by atoms with Crippen molar-refractivity contribution in [2.75, 3.05) is 0 Å². The summed E-state index contributed by atoms with van der Waals surface area (Å²) in [5.41, 5.74) is 8.04. The quantitative estimate of drug-likeness (QED) is 0.782. The number of aliphatic hydroxyl groups excluding tert-OH is 1. The molecule has 2 nitrogen and oxygen atoms in total. The Hall–Kier alpha value is -0.860. The van der Waals surface area contributed by atoms with Gasteiger partial charge in [-0.25, -0.2) is 0 Å². The molecule has 0 fully saturated rings. The van der Waals surface area contributed by atoms with Crippen LogP contribution in [0.15, 0.2) is 24.3 Å². The fourth-order valence-corrected chi connectivity index (χ4v) is 1.67. The van der Waals surface area contributed by atoms with E-state index in [9.17, 15) is 5.11 Å². The minimum atomic E-state index is -0.529. The molecule has 0 saturated carbocycles. The van der Waals surface area contributed by atoms with Crippen molar-refractivity contribution >= 4 is 0 Å². The topological polar surface area (TPSA) is 46.2 Å². The van der Waals surface area contributed by atoms with Crippen molar-refractivity contribution in [3.05, 3.63) is 35.4 Å². The molecule has 15 heavy (non-hydrogen) atoms. The van der Waals surface area contributed by atoms with Crippen LogP contribution in [0.3, 0.4) is 0 Å².